The van der Waals surface area contributed by atoms with Gasteiger partial charge < -0.3 is 5.73 Å². The van der Waals surface area contributed by atoms with Crippen LogP contribution in [-0.4, -0.2) is 0 Å². The van der Waals surface area contributed by atoms with Gasteiger partial charge in [-0.3, -0.25) is 0 Å². The maximum atomic E-state index is 5.67. The molecule has 0 saturated heterocycles. The van der Waals surface area contributed by atoms with Crippen molar-refractivity contribution in [1.82, 2.24) is 0 Å². The van der Waals surface area contributed by atoms with Gasteiger partial charge in [0, 0.05) is 10.2 Å². The Morgan fingerprint density at radius 2 is 2.00 bits per heavy atom. The normalized spacial score (nSPS) is 10.4. The van der Waals surface area contributed by atoms with E-state index in [0.29, 0.717) is 0 Å². The first-order chi connectivity index (χ1) is 6.74. The largest absolute Gasteiger partial charge is 0.399 e. The lowest BCUT2D eigenvalue weighted by Gasteiger charge is -2.04. The lowest BCUT2D eigenvalue weighted by atomic mass is 10.1. The fourth-order valence-corrected chi connectivity index (χ4v) is 2.10. The molecule has 0 radical (unpaired) electrons. The molecular formula is C12H18BrN. The second-order valence-corrected chi connectivity index (χ2v) is 4.52. The van der Waals surface area contributed by atoms with Crippen LogP contribution in [-0.2, 0) is 6.42 Å². The van der Waals surface area contributed by atoms with Gasteiger partial charge >= 0.3 is 0 Å². The zero-order valence-electron chi connectivity index (χ0n) is 8.72. The number of halogens is 1. The van der Waals surface area contributed by atoms with Gasteiger partial charge in [0.2, 0.25) is 0 Å². The Hall–Kier alpha value is -0.500. The second kappa shape index (κ2) is 6.07. The van der Waals surface area contributed by atoms with Gasteiger partial charge in [0.15, 0.2) is 0 Å². The zero-order chi connectivity index (χ0) is 10.4. The van der Waals surface area contributed by atoms with Gasteiger partial charge in [-0.2, -0.15) is 0 Å². The highest BCUT2D eigenvalue weighted by atomic mass is 79.9. The van der Waals surface area contributed by atoms with E-state index in [-0.39, 0.29) is 0 Å². The van der Waals surface area contributed by atoms with Crippen molar-refractivity contribution < 1.29 is 0 Å². The molecule has 1 rings (SSSR count). The Kier molecular flexibility index (Phi) is 5.02. The fourth-order valence-electron chi connectivity index (χ4n) is 1.51. The summed E-state index contributed by atoms with van der Waals surface area (Å²) in [5.41, 5.74) is 7.87. The van der Waals surface area contributed by atoms with Crippen molar-refractivity contribution in [3.8, 4) is 0 Å². The standard InChI is InChI=1S/C12H18BrN/c1-2-3-4-5-6-10-7-8-11(14)9-12(10)13/h7-9H,2-6,14H2,1H3. The number of anilines is 1. The van der Waals surface area contributed by atoms with Gasteiger partial charge in [-0.25, -0.2) is 0 Å². The summed E-state index contributed by atoms with van der Waals surface area (Å²) in [5.74, 6) is 0. The summed E-state index contributed by atoms with van der Waals surface area (Å²) in [4.78, 5) is 0. The molecule has 0 atom stereocenters. The Bertz CT molecular complexity index is 284. The monoisotopic (exact) mass is 255 g/mol. The topological polar surface area (TPSA) is 26.0 Å². The molecule has 2 N–H and O–H groups in total. The van der Waals surface area contributed by atoms with E-state index in [1.54, 1.807) is 0 Å². The molecule has 0 saturated carbocycles. The Morgan fingerprint density at radius 1 is 1.21 bits per heavy atom. The molecule has 0 fully saturated rings. The molecule has 0 aliphatic rings. The summed E-state index contributed by atoms with van der Waals surface area (Å²) in [6, 6.07) is 6.07. The molecule has 78 valence electrons. The minimum Gasteiger partial charge on any atom is -0.399 e. The third-order valence-corrected chi connectivity index (χ3v) is 3.11. The highest BCUT2D eigenvalue weighted by Crippen LogP contribution is 2.21. The Labute approximate surface area is 94.8 Å². The highest BCUT2D eigenvalue weighted by Gasteiger charge is 1.99. The number of hydrogen-bond acceptors (Lipinski definition) is 1. The van der Waals surface area contributed by atoms with Crippen LogP contribution in [0, 0.1) is 0 Å². The van der Waals surface area contributed by atoms with E-state index in [1.807, 2.05) is 12.1 Å². The number of aryl methyl sites for hydroxylation is 1. The summed E-state index contributed by atoms with van der Waals surface area (Å²) in [7, 11) is 0. The molecular weight excluding hydrogens is 238 g/mol. The van der Waals surface area contributed by atoms with Gasteiger partial charge in [0.05, 0.1) is 0 Å². The van der Waals surface area contributed by atoms with E-state index in [2.05, 4.69) is 28.9 Å². The number of rotatable bonds is 5. The molecule has 0 spiro atoms. The molecule has 0 bridgehead atoms. The minimum atomic E-state index is 0.828. The van der Waals surface area contributed by atoms with Crippen molar-refractivity contribution >= 4 is 21.6 Å². The average Bonchev–Trinajstić information content (AvgIpc) is 2.15. The van der Waals surface area contributed by atoms with E-state index < -0.39 is 0 Å². The van der Waals surface area contributed by atoms with Crippen LogP contribution in [0.4, 0.5) is 5.69 Å². The number of benzene rings is 1. The molecule has 0 aliphatic heterocycles. The van der Waals surface area contributed by atoms with E-state index in [4.69, 9.17) is 5.73 Å². The molecule has 2 heteroatoms. The first kappa shape index (κ1) is 11.6. The van der Waals surface area contributed by atoms with Crippen LogP contribution in [0.5, 0.6) is 0 Å². The fraction of sp³-hybridized carbons (Fsp3) is 0.500. The number of nitrogen functional groups attached to an aromatic ring is 1. The number of unbranched alkanes of at least 4 members (excludes halogenated alkanes) is 3. The molecule has 0 aromatic heterocycles. The summed E-state index contributed by atoms with van der Waals surface area (Å²) < 4.78 is 1.15. The second-order valence-electron chi connectivity index (χ2n) is 3.66. The predicted molar refractivity (Wildman–Crippen MR) is 66.4 cm³/mol. The predicted octanol–water partition coefficient (Wildman–Crippen LogP) is 4.15. The maximum Gasteiger partial charge on any atom is 0.0325 e. The van der Waals surface area contributed by atoms with Gasteiger partial charge in [-0.1, -0.05) is 48.2 Å². The van der Waals surface area contributed by atoms with Crippen LogP contribution in [0.1, 0.15) is 38.2 Å². The molecule has 1 aromatic carbocycles. The molecule has 0 heterocycles. The van der Waals surface area contributed by atoms with Crippen molar-refractivity contribution in [1.29, 1.82) is 0 Å². The SMILES string of the molecule is CCCCCCc1ccc(N)cc1Br. The van der Waals surface area contributed by atoms with Gasteiger partial charge in [0.25, 0.3) is 0 Å². The van der Waals surface area contributed by atoms with Crippen LogP contribution >= 0.6 is 15.9 Å². The highest BCUT2D eigenvalue weighted by molar-refractivity contribution is 9.10. The van der Waals surface area contributed by atoms with E-state index in [0.717, 1.165) is 16.6 Å². The van der Waals surface area contributed by atoms with Gasteiger partial charge in [-0.05, 0) is 30.5 Å². The summed E-state index contributed by atoms with van der Waals surface area (Å²) in [5, 5.41) is 0. The van der Waals surface area contributed by atoms with Crippen LogP contribution in [0.2, 0.25) is 0 Å². The lowest BCUT2D eigenvalue weighted by molar-refractivity contribution is 0.666. The summed E-state index contributed by atoms with van der Waals surface area (Å²) in [6.45, 7) is 2.24. The quantitative estimate of drug-likeness (QED) is 0.621. The smallest absolute Gasteiger partial charge is 0.0325 e. The van der Waals surface area contributed by atoms with E-state index in [9.17, 15) is 0 Å². The Morgan fingerprint density at radius 3 is 2.64 bits per heavy atom. The number of nitrogens with two attached hydrogens (primary N) is 1. The van der Waals surface area contributed by atoms with Crippen LogP contribution in [0.25, 0.3) is 0 Å². The molecule has 0 unspecified atom stereocenters. The molecule has 1 nitrogen and oxygen atoms in total. The zero-order valence-corrected chi connectivity index (χ0v) is 10.3. The lowest BCUT2D eigenvalue weighted by Crippen LogP contribution is -1.90. The van der Waals surface area contributed by atoms with Crippen molar-refractivity contribution in [3.05, 3.63) is 28.2 Å². The third-order valence-electron chi connectivity index (χ3n) is 2.38. The van der Waals surface area contributed by atoms with Crippen molar-refractivity contribution in [3.63, 3.8) is 0 Å². The molecule has 14 heavy (non-hydrogen) atoms. The number of hydrogen-bond donors (Lipinski definition) is 1. The first-order valence-electron chi connectivity index (χ1n) is 5.28. The van der Waals surface area contributed by atoms with Crippen LogP contribution < -0.4 is 5.73 Å². The van der Waals surface area contributed by atoms with Gasteiger partial charge in [-0.15, -0.1) is 0 Å². The van der Waals surface area contributed by atoms with Crippen molar-refractivity contribution in [2.45, 2.75) is 39.0 Å². The molecule has 0 amide bonds. The molecule has 1 aromatic rings. The van der Waals surface area contributed by atoms with Crippen LogP contribution in [0.15, 0.2) is 22.7 Å². The Balaban J connectivity index is 2.42. The maximum absolute atomic E-state index is 5.67. The summed E-state index contributed by atoms with van der Waals surface area (Å²) in [6.07, 6.45) is 6.39. The van der Waals surface area contributed by atoms with E-state index >= 15 is 0 Å². The van der Waals surface area contributed by atoms with E-state index in [1.165, 1.54) is 31.2 Å². The first-order valence-corrected chi connectivity index (χ1v) is 6.07. The minimum absolute atomic E-state index is 0.828. The molecule has 0 aliphatic carbocycles. The van der Waals surface area contributed by atoms with Crippen molar-refractivity contribution in [2.75, 3.05) is 5.73 Å². The average molecular weight is 256 g/mol. The van der Waals surface area contributed by atoms with Crippen molar-refractivity contribution in [2.24, 2.45) is 0 Å². The van der Waals surface area contributed by atoms with Crippen LogP contribution in [0.3, 0.4) is 0 Å². The van der Waals surface area contributed by atoms with Gasteiger partial charge in [0.1, 0.15) is 0 Å². The summed E-state index contributed by atoms with van der Waals surface area (Å²) >= 11 is 3.54. The third kappa shape index (κ3) is 3.70.